The van der Waals surface area contributed by atoms with Crippen molar-refractivity contribution in [2.75, 3.05) is 5.75 Å². The van der Waals surface area contributed by atoms with Crippen LogP contribution in [0.25, 0.3) is 0 Å². The quantitative estimate of drug-likeness (QED) is 0.911. The van der Waals surface area contributed by atoms with Crippen LogP contribution >= 0.6 is 39.0 Å². The average molecular weight is 350 g/mol. The highest BCUT2D eigenvalue weighted by atomic mass is 79.9. The Hall–Kier alpha value is -0.530. The summed E-state index contributed by atoms with van der Waals surface area (Å²) in [7, 11) is 0. The van der Waals surface area contributed by atoms with Gasteiger partial charge in [-0.05, 0) is 34.5 Å². The number of aliphatic carboxylic acids is 1. The molecule has 98 valence electrons. The number of halogens is 1. The van der Waals surface area contributed by atoms with Crippen LogP contribution in [0.4, 0.5) is 0 Å². The van der Waals surface area contributed by atoms with E-state index in [1.807, 2.05) is 6.92 Å². The lowest BCUT2D eigenvalue weighted by Crippen LogP contribution is -2.45. The fraction of sp³-hybridized carbons (Fsp3) is 0.455. The van der Waals surface area contributed by atoms with Gasteiger partial charge in [0.15, 0.2) is 0 Å². The highest BCUT2D eigenvalue weighted by Gasteiger charge is 2.41. The van der Waals surface area contributed by atoms with Crippen molar-refractivity contribution in [1.29, 1.82) is 0 Å². The van der Waals surface area contributed by atoms with Crippen molar-refractivity contribution < 1.29 is 14.7 Å². The first-order chi connectivity index (χ1) is 8.54. The van der Waals surface area contributed by atoms with E-state index in [2.05, 4.69) is 15.9 Å². The zero-order valence-electron chi connectivity index (χ0n) is 9.63. The first-order valence-corrected chi connectivity index (χ1v) is 8.12. The summed E-state index contributed by atoms with van der Waals surface area (Å²) >= 11 is 6.18. The van der Waals surface area contributed by atoms with Gasteiger partial charge in [-0.15, -0.1) is 23.1 Å². The molecule has 0 bridgehead atoms. The van der Waals surface area contributed by atoms with Crippen LogP contribution in [0.1, 0.15) is 23.0 Å². The van der Waals surface area contributed by atoms with Crippen LogP contribution in [0.15, 0.2) is 15.9 Å². The van der Waals surface area contributed by atoms with Crippen molar-refractivity contribution >= 4 is 50.9 Å². The van der Waals surface area contributed by atoms with Gasteiger partial charge in [0.25, 0.3) is 5.91 Å². The summed E-state index contributed by atoms with van der Waals surface area (Å²) in [5, 5.41) is 9.14. The molecule has 4 nitrogen and oxygen atoms in total. The molecule has 1 aliphatic rings. The predicted molar refractivity (Wildman–Crippen MR) is 76.1 cm³/mol. The summed E-state index contributed by atoms with van der Waals surface area (Å²) in [6.07, 6.45) is 0.757. The number of carbonyl (C=O) groups is 2. The molecular weight excluding hydrogens is 338 g/mol. The molecule has 1 saturated heterocycles. The second-order valence-corrected chi connectivity index (χ2v) is 7.54. The van der Waals surface area contributed by atoms with Crippen LogP contribution in [0.3, 0.4) is 0 Å². The van der Waals surface area contributed by atoms with Gasteiger partial charge in [0.1, 0.15) is 6.04 Å². The normalized spacial score (nSPS) is 23.3. The zero-order chi connectivity index (χ0) is 13.3. The van der Waals surface area contributed by atoms with E-state index in [0.29, 0.717) is 10.6 Å². The van der Waals surface area contributed by atoms with Gasteiger partial charge in [-0.2, -0.15) is 0 Å². The standard InChI is InChI=1S/C11H12BrNO3S2/c1-2-9-13(6(5-17-9)11(15)16)10(14)7-3-4-8(12)18-7/h3-4,6,9H,2,5H2,1H3,(H,15,16). The number of rotatable bonds is 3. The number of thiophene rings is 1. The Balaban J connectivity index is 2.27. The SMILES string of the molecule is CCC1SCC(C(=O)O)N1C(=O)c1ccc(Br)s1. The molecule has 1 aromatic heterocycles. The van der Waals surface area contributed by atoms with E-state index in [1.165, 1.54) is 28.0 Å². The lowest BCUT2D eigenvalue weighted by Gasteiger charge is -2.26. The maximum atomic E-state index is 12.4. The fourth-order valence-corrected chi connectivity index (χ4v) is 4.57. The van der Waals surface area contributed by atoms with E-state index in [1.54, 1.807) is 12.1 Å². The third-order valence-corrected chi connectivity index (χ3v) is 5.81. The minimum Gasteiger partial charge on any atom is -0.480 e. The molecule has 1 aromatic rings. The van der Waals surface area contributed by atoms with Crippen LogP contribution in [0.5, 0.6) is 0 Å². The number of carboxylic acids is 1. The molecule has 1 aliphatic heterocycles. The minimum atomic E-state index is -0.928. The largest absolute Gasteiger partial charge is 0.480 e. The second-order valence-electron chi connectivity index (χ2n) is 3.87. The van der Waals surface area contributed by atoms with Crippen molar-refractivity contribution in [2.24, 2.45) is 0 Å². The molecule has 0 saturated carbocycles. The Morgan fingerprint density at radius 1 is 1.56 bits per heavy atom. The van der Waals surface area contributed by atoms with E-state index in [0.717, 1.165) is 10.2 Å². The number of thioether (sulfide) groups is 1. The van der Waals surface area contributed by atoms with Gasteiger partial charge in [0.05, 0.1) is 14.0 Å². The Morgan fingerprint density at radius 2 is 2.28 bits per heavy atom. The van der Waals surface area contributed by atoms with E-state index in [4.69, 9.17) is 0 Å². The van der Waals surface area contributed by atoms with Gasteiger partial charge < -0.3 is 10.0 Å². The van der Waals surface area contributed by atoms with Gasteiger partial charge in [-0.25, -0.2) is 4.79 Å². The van der Waals surface area contributed by atoms with E-state index >= 15 is 0 Å². The van der Waals surface area contributed by atoms with Gasteiger partial charge in [-0.1, -0.05) is 6.92 Å². The highest BCUT2D eigenvalue weighted by molar-refractivity contribution is 9.11. The summed E-state index contributed by atoms with van der Waals surface area (Å²) in [6.45, 7) is 1.96. The van der Waals surface area contributed by atoms with Crippen LogP contribution in [0.2, 0.25) is 0 Å². The molecule has 2 unspecified atom stereocenters. The zero-order valence-corrected chi connectivity index (χ0v) is 12.8. The molecule has 2 rings (SSSR count). The Bertz CT molecular complexity index is 477. The molecule has 1 amide bonds. The van der Waals surface area contributed by atoms with Crippen molar-refractivity contribution in [3.8, 4) is 0 Å². The number of nitrogens with zero attached hydrogens (tertiary/aromatic N) is 1. The first kappa shape index (κ1) is 13.9. The lowest BCUT2D eigenvalue weighted by molar-refractivity contribution is -0.141. The van der Waals surface area contributed by atoms with E-state index in [9.17, 15) is 14.7 Å². The Morgan fingerprint density at radius 3 is 2.78 bits per heavy atom. The number of carboxylic acid groups (broad SMARTS) is 1. The van der Waals surface area contributed by atoms with Crippen LogP contribution in [-0.2, 0) is 4.79 Å². The van der Waals surface area contributed by atoms with Gasteiger partial charge in [-0.3, -0.25) is 4.79 Å². The molecule has 18 heavy (non-hydrogen) atoms. The molecule has 0 spiro atoms. The highest BCUT2D eigenvalue weighted by Crippen LogP contribution is 2.34. The van der Waals surface area contributed by atoms with Crippen molar-refractivity contribution in [3.05, 3.63) is 20.8 Å². The molecule has 1 fully saturated rings. The average Bonchev–Trinajstić information content (AvgIpc) is 2.93. The second kappa shape index (κ2) is 5.63. The third-order valence-electron chi connectivity index (χ3n) is 2.75. The van der Waals surface area contributed by atoms with Crippen LogP contribution in [-0.4, -0.2) is 39.1 Å². The summed E-state index contributed by atoms with van der Waals surface area (Å²) in [5.41, 5.74) is 0. The monoisotopic (exact) mass is 349 g/mol. The number of hydrogen-bond donors (Lipinski definition) is 1. The van der Waals surface area contributed by atoms with E-state index < -0.39 is 12.0 Å². The molecule has 0 radical (unpaired) electrons. The number of hydrogen-bond acceptors (Lipinski definition) is 4. The Labute approximate surface area is 121 Å². The molecule has 2 heterocycles. The molecule has 0 aliphatic carbocycles. The van der Waals surface area contributed by atoms with Crippen molar-refractivity contribution in [1.82, 2.24) is 4.90 Å². The van der Waals surface area contributed by atoms with Gasteiger partial charge in [0.2, 0.25) is 0 Å². The molecule has 7 heteroatoms. The summed E-state index contributed by atoms with van der Waals surface area (Å²) in [5.74, 6) is -0.649. The molecule has 2 atom stereocenters. The third kappa shape index (κ3) is 2.57. The van der Waals surface area contributed by atoms with Crippen LogP contribution < -0.4 is 0 Å². The number of amides is 1. The van der Waals surface area contributed by atoms with Gasteiger partial charge in [0, 0.05) is 5.75 Å². The van der Waals surface area contributed by atoms with Gasteiger partial charge >= 0.3 is 5.97 Å². The Kier molecular flexibility index (Phi) is 4.34. The lowest BCUT2D eigenvalue weighted by atomic mass is 10.2. The summed E-state index contributed by atoms with van der Waals surface area (Å²) in [4.78, 5) is 25.7. The topological polar surface area (TPSA) is 57.6 Å². The summed E-state index contributed by atoms with van der Waals surface area (Å²) in [6, 6.07) is 2.82. The number of carbonyl (C=O) groups excluding carboxylic acids is 1. The maximum Gasteiger partial charge on any atom is 0.327 e. The van der Waals surface area contributed by atoms with Crippen LogP contribution in [0, 0.1) is 0 Å². The van der Waals surface area contributed by atoms with Crippen molar-refractivity contribution in [2.45, 2.75) is 24.8 Å². The van der Waals surface area contributed by atoms with Crippen molar-refractivity contribution in [3.63, 3.8) is 0 Å². The first-order valence-electron chi connectivity index (χ1n) is 5.47. The predicted octanol–water partition coefficient (Wildman–Crippen LogP) is 2.89. The molecule has 0 aromatic carbocycles. The molecular formula is C11H12BrNO3S2. The minimum absolute atomic E-state index is 0.0422. The molecule has 1 N–H and O–H groups in total. The summed E-state index contributed by atoms with van der Waals surface area (Å²) < 4.78 is 0.873. The maximum absolute atomic E-state index is 12.4. The smallest absolute Gasteiger partial charge is 0.327 e. The van der Waals surface area contributed by atoms with E-state index in [-0.39, 0.29) is 11.3 Å². The fourth-order valence-electron chi connectivity index (χ4n) is 1.90.